The molecule has 0 atom stereocenters. The van der Waals surface area contributed by atoms with E-state index in [1.807, 2.05) is 36.4 Å². The number of para-hydroxylation sites is 1. The van der Waals surface area contributed by atoms with Gasteiger partial charge in [-0.15, -0.1) is 0 Å². The fourth-order valence-electron chi connectivity index (χ4n) is 2.99. The van der Waals surface area contributed by atoms with Gasteiger partial charge in [0.1, 0.15) is 18.6 Å². The second-order valence-electron chi connectivity index (χ2n) is 5.94. The maximum Gasteiger partial charge on any atom is 0.146 e. The van der Waals surface area contributed by atoms with E-state index < -0.39 is 0 Å². The lowest BCUT2D eigenvalue weighted by molar-refractivity contribution is 0.209. The number of hydrogen-bond donors (Lipinski definition) is 0. The highest BCUT2D eigenvalue weighted by Gasteiger charge is 2.21. The molecule has 0 radical (unpaired) electrons. The van der Waals surface area contributed by atoms with Gasteiger partial charge in [-0.2, -0.15) is 0 Å². The van der Waals surface area contributed by atoms with Gasteiger partial charge >= 0.3 is 0 Å². The smallest absolute Gasteiger partial charge is 0.146 e. The van der Waals surface area contributed by atoms with Crippen LogP contribution in [-0.2, 0) is 4.84 Å². The van der Waals surface area contributed by atoms with Crippen LogP contribution in [0.5, 0.6) is 0 Å². The van der Waals surface area contributed by atoms with Crippen LogP contribution in [0.4, 0.5) is 10.1 Å². The lowest BCUT2D eigenvalue weighted by atomic mass is 10.1. The Kier molecular flexibility index (Phi) is 5.89. The number of piperazine rings is 1. The molecule has 1 saturated heterocycles. The van der Waals surface area contributed by atoms with Crippen molar-refractivity contribution in [3.05, 3.63) is 64.9 Å². The Balaban J connectivity index is 1.63. The van der Waals surface area contributed by atoms with Gasteiger partial charge in [-0.3, -0.25) is 4.90 Å². The molecule has 132 valence electrons. The summed E-state index contributed by atoms with van der Waals surface area (Å²) in [6.07, 6.45) is 0. The number of benzene rings is 2. The van der Waals surface area contributed by atoms with Gasteiger partial charge in [0.05, 0.1) is 5.69 Å². The first-order chi connectivity index (χ1) is 12.2. The zero-order valence-corrected chi connectivity index (χ0v) is 14.9. The van der Waals surface area contributed by atoms with E-state index in [9.17, 15) is 4.39 Å². The quantitative estimate of drug-likeness (QED) is 0.601. The Morgan fingerprint density at radius 1 is 1.08 bits per heavy atom. The van der Waals surface area contributed by atoms with Crippen LogP contribution in [0.3, 0.4) is 0 Å². The van der Waals surface area contributed by atoms with Crippen LogP contribution in [0.2, 0.25) is 5.02 Å². The van der Waals surface area contributed by atoms with Crippen LogP contribution in [0.15, 0.2) is 53.7 Å². The summed E-state index contributed by atoms with van der Waals surface area (Å²) in [5, 5.41) is 4.86. The van der Waals surface area contributed by atoms with Crippen molar-refractivity contribution < 1.29 is 9.23 Å². The molecule has 6 heteroatoms. The largest absolute Gasteiger partial charge is 0.399 e. The minimum atomic E-state index is -0.168. The average molecular weight is 362 g/mol. The fourth-order valence-corrected chi connectivity index (χ4v) is 3.12. The number of oxime groups is 1. The maximum absolute atomic E-state index is 13.9. The molecule has 25 heavy (non-hydrogen) atoms. The van der Waals surface area contributed by atoms with Gasteiger partial charge in [0.25, 0.3) is 0 Å². The second kappa shape index (κ2) is 8.32. The number of hydrogen-bond acceptors (Lipinski definition) is 4. The predicted molar refractivity (Wildman–Crippen MR) is 100 cm³/mol. The summed E-state index contributed by atoms with van der Waals surface area (Å²) in [6, 6.07) is 14.5. The molecule has 4 nitrogen and oxygen atoms in total. The number of halogens is 2. The minimum absolute atomic E-state index is 0.168. The van der Waals surface area contributed by atoms with E-state index in [0.29, 0.717) is 17.3 Å². The molecular weight excluding hydrogens is 341 g/mol. The molecule has 0 N–H and O–H groups in total. The number of nitrogens with zero attached hydrogens (tertiary/aromatic N) is 3. The van der Waals surface area contributed by atoms with Crippen LogP contribution in [0.25, 0.3) is 0 Å². The third kappa shape index (κ3) is 4.50. The van der Waals surface area contributed by atoms with Crippen LogP contribution in [-0.4, -0.2) is 50.4 Å². The molecular formula is C19H21ClFN3O. The summed E-state index contributed by atoms with van der Waals surface area (Å²) in [7, 11) is 1.55. The molecule has 0 aromatic heterocycles. The Morgan fingerprint density at radius 3 is 2.40 bits per heavy atom. The van der Waals surface area contributed by atoms with Crippen molar-refractivity contribution in [1.82, 2.24) is 4.90 Å². The van der Waals surface area contributed by atoms with Crippen molar-refractivity contribution in [2.24, 2.45) is 5.16 Å². The molecule has 2 aromatic carbocycles. The molecule has 0 saturated carbocycles. The lowest BCUT2D eigenvalue weighted by Crippen LogP contribution is -2.48. The summed E-state index contributed by atoms with van der Waals surface area (Å²) >= 11 is 5.95. The van der Waals surface area contributed by atoms with E-state index in [2.05, 4.69) is 15.0 Å². The standard InChI is InChI=1S/C19H21ClFN3O/c1-25-22-18(15-6-8-16(20)9-7-15)14-23-10-12-24(13-11-23)19-5-3-2-4-17(19)21/h2-9H,10-14H2,1H3. The zero-order chi connectivity index (χ0) is 17.6. The van der Waals surface area contributed by atoms with E-state index in [1.165, 1.54) is 6.07 Å². The molecule has 0 amide bonds. The second-order valence-corrected chi connectivity index (χ2v) is 6.38. The van der Waals surface area contributed by atoms with Gasteiger partial charge in [0.15, 0.2) is 0 Å². The third-order valence-corrected chi connectivity index (χ3v) is 4.57. The van der Waals surface area contributed by atoms with Gasteiger partial charge < -0.3 is 9.74 Å². The molecule has 0 aliphatic carbocycles. The summed E-state index contributed by atoms with van der Waals surface area (Å²) in [5.74, 6) is -0.168. The molecule has 0 spiro atoms. The van der Waals surface area contributed by atoms with Crippen molar-refractivity contribution in [3.8, 4) is 0 Å². The maximum atomic E-state index is 13.9. The van der Waals surface area contributed by atoms with Gasteiger partial charge in [-0.25, -0.2) is 4.39 Å². The molecule has 2 aromatic rings. The molecule has 0 bridgehead atoms. The molecule has 1 aliphatic rings. The van der Waals surface area contributed by atoms with Gasteiger partial charge in [-0.05, 0) is 24.3 Å². The lowest BCUT2D eigenvalue weighted by Gasteiger charge is -2.36. The third-order valence-electron chi connectivity index (χ3n) is 4.32. The van der Waals surface area contributed by atoms with Crippen LogP contribution in [0, 0.1) is 5.82 Å². The van der Waals surface area contributed by atoms with Gasteiger partial charge in [-0.1, -0.05) is 41.0 Å². The van der Waals surface area contributed by atoms with E-state index in [-0.39, 0.29) is 5.82 Å². The normalized spacial score (nSPS) is 16.1. The molecule has 1 aliphatic heterocycles. The fraction of sp³-hybridized carbons (Fsp3) is 0.316. The van der Waals surface area contributed by atoms with Crippen LogP contribution < -0.4 is 4.90 Å². The topological polar surface area (TPSA) is 28.1 Å². The summed E-state index contributed by atoms with van der Waals surface area (Å²) < 4.78 is 13.9. The van der Waals surface area contributed by atoms with Crippen molar-refractivity contribution in [2.75, 3.05) is 44.7 Å². The molecule has 0 unspecified atom stereocenters. The van der Waals surface area contributed by atoms with E-state index >= 15 is 0 Å². The molecule has 1 heterocycles. The highest BCUT2D eigenvalue weighted by molar-refractivity contribution is 6.30. The van der Waals surface area contributed by atoms with E-state index in [4.69, 9.17) is 16.4 Å². The number of anilines is 1. The first kappa shape index (κ1) is 17.7. The van der Waals surface area contributed by atoms with Crippen LogP contribution in [0.1, 0.15) is 5.56 Å². The highest BCUT2D eigenvalue weighted by Crippen LogP contribution is 2.20. The SMILES string of the molecule is CON=C(CN1CCN(c2ccccc2F)CC1)c1ccc(Cl)cc1. The predicted octanol–water partition coefficient (Wildman–Crippen LogP) is 3.65. The van der Waals surface area contributed by atoms with Crippen LogP contribution >= 0.6 is 11.6 Å². The Bertz CT molecular complexity index is 728. The molecule has 3 rings (SSSR count). The monoisotopic (exact) mass is 361 g/mol. The minimum Gasteiger partial charge on any atom is -0.399 e. The van der Waals surface area contributed by atoms with Gasteiger partial charge in [0, 0.05) is 43.3 Å². The van der Waals surface area contributed by atoms with Crippen molar-refractivity contribution >= 4 is 23.0 Å². The summed E-state index contributed by atoms with van der Waals surface area (Å²) in [4.78, 5) is 9.38. The first-order valence-corrected chi connectivity index (χ1v) is 8.63. The van der Waals surface area contributed by atoms with Gasteiger partial charge in [0.2, 0.25) is 0 Å². The summed E-state index contributed by atoms with van der Waals surface area (Å²) in [5.41, 5.74) is 2.52. The van der Waals surface area contributed by atoms with Crippen molar-refractivity contribution in [3.63, 3.8) is 0 Å². The first-order valence-electron chi connectivity index (χ1n) is 8.25. The average Bonchev–Trinajstić information content (AvgIpc) is 2.63. The van der Waals surface area contributed by atoms with Crippen molar-refractivity contribution in [1.29, 1.82) is 0 Å². The summed E-state index contributed by atoms with van der Waals surface area (Å²) in [6.45, 7) is 3.92. The Hall–Kier alpha value is -2.11. The molecule has 1 fully saturated rings. The highest BCUT2D eigenvalue weighted by atomic mass is 35.5. The van der Waals surface area contributed by atoms with E-state index in [0.717, 1.165) is 37.5 Å². The Morgan fingerprint density at radius 2 is 1.76 bits per heavy atom. The van der Waals surface area contributed by atoms with E-state index in [1.54, 1.807) is 13.2 Å². The van der Waals surface area contributed by atoms with Crippen molar-refractivity contribution in [2.45, 2.75) is 0 Å². The zero-order valence-electron chi connectivity index (χ0n) is 14.2. The number of rotatable bonds is 5. The Labute approximate surface area is 152 Å².